The third-order valence-electron chi connectivity index (χ3n) is 2.82. The Morgan fingerprint density at radius 2 is 2.05 bits per heavy atom. The van der Waals surface area contributed by atoms with E-state index in [-0.39, 0.29) is 16.8 Å². The molecule has 0 aliphatic carbocycles. The van der Waals surface area contributed by atoms with E-state index in [4.69, 9.17) is 5.73 Å². The minimum absolute atomic E-state index is 0.0398. The van der Waals surface area contributed by atoms with Crippen LogP contribution in [0.5, 0.6) is 0 Å². The van der Waals surface area contributed by atoms with Gasteiger partial charge in [0, 0.05) is 25.3 Å². The number of likely N-dealkylation sites (N-methyl/N-ethyl adjacent to an activating group) is 2. The molecule has 0 aliphatic rings. The molecule has 19 heavy (non-hydrogen) atoms. The summed E-state index contributed by atoms with van der Waals surface area (Å²) in [7, 11) is 0.217. The van der Waals surface area contributed by atoms with Gasteiger partial charge in [0.1, 0.15) is 10.7 Å². The molecule has 0 amide bonds. The molecule has 0 spiro atoms. The lowest BCUT2D eigenvalue weighted by Crippen LogP contribution is -2.43. The minimum atomic E-state index is -3.61. The highest BCUT2D eigenvalue weighted by Gasteiger charge is 2.29. The van der Waals surface area contributed by atoms with E-state index in [9.17, 15) is 8.42 Å². The highest BCUT2D eigenvalue weighted by molar-refractivity contribution is 7.89. The zero-order valence-electron chi connectivity index (χ0n) is 11.9. The third kappa shape index (κ3) is 3.65. The first kappa shape index (κ1) is 15.9. The van der Waals surface area contributed by atoms with Gasteiger partial charge in [0.25, 0.3) is 0 Å². The molecule has 108 valence electrons. The predicted octanol–water partition coefficient (Wildman–Crippen LogP) is 0.625. The maximum atomic E-state index is 12.6. The van der Waals surface area contributed by atoms with Crippen molar-refractivity contribution >= 4 is 15.8 Å². The predicted molar refractivity (Wildman–Crippen MR) is 76.2 cm³/mol. The smallest absolute Gasteiger partial charge is 0.247 e. The molecule has 1 aromatic rings. The molecule has 0 aromatic carbocycles. The molecule has 0 bridgehead atoms. The van der Waals surface area contributed by atoms with E-state index in [1.165, 1.54) is 16.6 Å². The van der Waals surface area contributed by atoms with Crippen LogP contribution in [0.2, 0.25) is 0 Å². The Labute approximate surface area is 115 Å². The van der Waals surface area contributed by atoms with Gasteiger partial charge in [-0.15, -0.1) is 0 Å². The highest BCUT2D eigenvalue weighted by Crippen LogP contribution is 2.21. The Kier molecular flexibility index (Phi) is 5.28. The maximum Gasteiger partial charge on any atom is 0.247 e. The first-order valence-electron chi connectivity index (χ1n) is 6.17. The summed E-state index contributed by atoms with van der Waals surface area (Å²) in [5.41, 5.74) is 5.67. The zero-order chi connectivity index (χ0) is 14.6. The number of rotatable bonds is 6. The van der Waals surface area contributed by atoms with Crippen molar-refractivity contribution in [3.05, 3.63) is 18.3 Å². The monoisotopic (exact) mass is 286 g/mol. The van der Waals surface area contributed by atoms with Crippen LogP contribution in [0.15, 0.2) is 23.2 Å². The van der Waals surface area contributed by atoms with E-state index in [0.717, 1.165) is 0 Å². The van der Waals surface area contributed by atoms with Crippen LogP contribution in [0.25, 0.3) is 0 Å². The van der Waals surface area contributed by atoms with Gasteiger partial charge in [-0.05, 0) is 33.2 Å². The van der Waals surface area contributed by atoms with Gasteiger partial charge in [0.2, 0.25) is 10.0 Å². The Balaban J connectivity index is 3.13. The van der Waals surface area contributed by atoms with Gasteiger partial charge in [-0.2, -0.15) is 4.31 Å². The normalized spacial score (nSPS) is 14.0. The molecule has 0 saturated heterocycles. The van der Waals surface area contributed by atoms with Gasteiger partial charge in [-0.25, -0.2) is 13.4 Å². The lowest BCUT2D eigenvalue weighted by Gasteiger charge is -2.29. The third-order valence-corrected chi connectivity index (χ3v) is 4.96. The molecule has 1 heterocycles. The fraction of sp³-hybridized carbons (Fsp3) is 0.583. The van der Waals surface area contributed by atoms with E-state index >= 15 is 0 Å². The summed E-state index contributed by atoms with van der Waals surface area (Å²) in [6, 6.07) is 2.93. The van der Waals surface area contributed by atoms with Gasteiger partial charge in [0.15, 0.2) is 0 Å². The van der Waals surface area contributed by atoms with E-state index in [0.29, 0.717) is 13.1 Å². The Bertz CT molecular complexity index is 516. The molecule has 0 radical (unpaired) electrons. The van der Waals surface area contributed by atoms with Crippen LogP contribution < -0.4 is 5.73 Å². The zero-order valence-corrected chi connectivity index (χ0v) is 12.7. The second kappa shape index (κ2) is 6.31. The molecule has 1 rings (SSSR count). The van der Waals surface area contributed by atoms with Crippen LogP contribution in [0, 0.1) is 0 Å². The molecule has 0 saturated carbocycles. The molecular formula is C12H22N4O2S. The molecule has 1 aromatic heterocycles. The Morgan fingerprint density at radius 3 is 2.53 bits per heavy atom. The van der Waals surface area contributed by atoms with Crippen molar-refractivity contribution in [3.63, 3.8) is 0 Å². The standard InChI is InChI=1S/C12H22N4O2S/c1-5-16(10(2)9-15(3)4)19(17,18)11-7-6-8-14-12(11)13/h6-8,10H,5,9H2,1-4H3,(H2,13,14). The van der Waals surface area contributed by atoms with E-state index in [1.54, 1.807) is 6.07 Å². The van der Waals surface area contributed by atoms with Gasteiger partial charge >= 0.3 is 0 Å². The Hall–Kier alpha value is -1.18. The van der Waals surface area contributed by atoms with E-state index in [1.807, 2.05) is 32.8 Å². The highest BCUT2D eigenvalue weighted by atomic mass is 32.2. The van der Waals surface area contributed by atoms with Crippen molar-refractivity contribution in [3.8, 4) is 0 Å². The van der Waals surface area contributed by atoms with Crippen LogP contribution in [0.4, 0.5) is 5.82 Å². The largest absolute Gasteiger partial charge is 0.383 e. The van der Waals surface area contributed by atoms with Crippen molar-refractivity contribution in [1.29, 1.82) is 0 Å². The number of sulfonamides is 1. The molecule has 7 heteroatoms. The number of hydrogen-bond donors (Lipinski definition) is 1. The molecular weight excluding hydrogens is 264 g/mol. The first-order valence-corrected chi connectivity index (χ1v) is 7.61. The summed E-state index contributed by atoms with van der Waals surface area (Å²) in [5, 5.41) is 0. The number of nitrogens with zero attached hydrogens (tertiary/aromatic N) is 3. The summed E-state index contributed by atoms with van der Waals surface area (Å²) < 4.78 is 26.6. The SMILES string of the molecule is CCN(C(C)CN(C)C)S(=O)(=O)c1cccnc1N. The van der Waals surface area contributed by atoms with Gasteiger partial charge in [-0.1, -0.05) is 6.92 Å². The molecule has 1 atom stereocenters. The van der Waals surface area contributed by atoms with Crippen molar-refractivity contribution in [1.82, 2.24) is 14.2 Å². The van der Waals surface area contributed by atoms with Crippen LogP contribution >= 0.6 is 0 Å². The Morgan fingerprint density at radius 1 is 1.42 bits per heavy atom. The topological polar surface area (TPSA) is 79.5 Å². The molecule has 1 unspecified atom stereocenters. The van der Waals surface area contributed by atoms with Crippen LogP contribution in [-0.2, 0) is 10.0 Å². The summed E-state index contributed by atoms with van der Waals surface area (Å²) in [6.07, 6.45) is 1.48. The number of nitrogen functional groups attached to an aromatic ring is 1. The molecule has 6 nitrogen and oxygen atoms in total. The van der Waals surface area contributed by atoms with Gasteiger partial charge < -0.3 is 10.6 Å². The lowest BCUT2D eigenvalue weighted by atomic mass is 10.3. The second-order valence-corrected chi connectivity index (χ2v) is 6.57. The van der Waals surface area contributed by atoms with Crippen LogP contribution in [0.1, 0.15) is 13.8 Å². The van der Waals surface area contributed by atoms with Crippen LogP contribution in [-0.4, -0.2) is 55.8 Å². The second-order valence-electron chi connectivity index (χ2n) is 4.71. The first-order chi connectivity index (χ1) is 8.80. The van der Waals surface area contributed by atoms with Crippen LogP contribution in [0.3, 0.4) is 0 Å². The number of pyridine rings is 1. The van der Waals surface area contributed by atoms with Gasteiger partial charge in [-0.3, -0.25) is 0 Å². The molecule has 0 aliphatic heterocycles. The summed E-state index contributed by atoms with van der Waals surface area (Å²) in [4.78, 5) is 5.87. The maximum absolute atomic E-state index is 12.6. The number of nitrogens with two attached hydrogens (primary N) is 1. The summed E-state index contributed by atoms with van der Waals surface area (Å²) in [5.74, 6) is 0.0398. The van der Waals surface area contributed by atoms with Crippen molar-refractivity contribution < 1.29 is 8.42 Å². The quantitative estimate of drug-likeness (QED) is 0.829. The fourth-order valence-corrected chi connectivity index (χ4v) is 3.79. The minimum Gasteiger partial charge on any atom is -0.383 e. The number of aromatic nitrogens is 1. The fourth-order valence-electron chi connectivity index (χ4n) is 2.09. The molecule has 2 N–H and O–H groups in total. The summed E-state index contributed by atoms with van der Waals surface area (Å²) >= 11 is 0. The van der Waals surface area contributed by atoms with Crippen molar-refractivity contribution in [2.45, 2.75) is 24.8 Å². The van der Waals surface area contributed by atoms with E-state index < -0.39 is 10.0 Å². The van der Waals surface area contributed by atoms with Crippen molar-refractivity contribution in [2.75, 3.05) is 32.9 Å². The van der Waals surface area contributed by atoms with Crippen molar-refractivity contribution in [2.24, 2.45) is 0 Å². The summed E-state index contributed by atoms with van der Waals surface area (Å²) in [6.45, 7) is 4.74. The van der Waals surface area contributed by atoms with Gasteiger partial charge in [0.05, 0.1) is 0 Å². The molecule has 0 fully saturated rings. The lowest BCUT2D eigenvalue weighted by molar-refractivity contribution is 0.271. The number of hydrogen-bond acceptors (Lipinski definition) is 5. The van der Waals surface area contributed by atoms with E-state index in [2.05, 4.69) is 4.98 Å². The number of anilines is 1. The average molecular weight is 286 g/mol. The average Bonchev–Trinajstić information content (AvgIpc) is 2.28.